The van der Waals surface area contributed by atoms with Crippen LogP contribution in [0.2, 0.25) is 0 Å². The third-order valence-corrected chi connectivity index (χ3v) is 5.68. The summed E-state index contributed by atoms with van der Waals surface area (Å²) in [5.41, 5.74) is 3.74. The van der Waals surface area contributed by atoms with Gasteiger partial charge in [-0.05, 0) is 39.2 Å². The molecule has 126 valence electrons. The second-order valence-electron chi connectivity index (χ2n) is 6.62. The maximum Gasteiger partial charge on any atom is 0.259 e. The minimum Gasteiger partial charge on any atom is -0.396 e. The van der Waals surface area contributed by atoms with Crippen LogP contribution in [0.3, 0.4) is 0 Å². The first-order valence-corrected chi connectivity index (χ1v) is 8.93. The molecule has 1 saturated carbocycles. The third-order valence-electron chi connectivity index (χ3n) is 4.71. The summed E-state index contributed by atoms with van der Waals surface area (Å²) in [6.07, 6.45) is 0.948. The zero-order valence-electron chi connectivity index (χ0n) is 14.0. The Morgan fingerprint density at radius 1 is 1.33 bits per heavy atom. The van der Waals surface area contributed by atoms with Crippen molar-refractivity contribution in [2.24, 2.45) is 5.92 Å². The molecule has 3 heterocycles. The predicted octanol–water partition coefficient (Wildman–Crippen LogP) is 2.02. The predicted molar refractivity (Wildman–Crippen MR) is 92.8 cm³/mol. The lowest BCUT2D eigenvalue weighted by atomic mass is 10.2. The fraction of sp³-hybridized carbons (Fsp3) is 0.471. The van der Waals surface area contributed by atoms with Crippen molar-refractivity contribution in [3.63, 3.8) is 0 Å². The second kappa shape index (κ2) is 5.53. The smallest absolute Gasteiger partial charge is 0.259 e. The summed E-state index contributed by atoms with van der Waals surface area (Å²) in [6.45, 7) is 6.67. The number of aliphatic hydroxyl groups excluding tert-OH is 1. The molecule has 0 bridgehead atoms. The second-order valence-corrected chi connectivity index (χ2v) is 7.80. The zero-order valence-corrected chi connectivity index (χ0v) is 14.8. The largest absolute Gasteiger partial charge is 0.396 e. The van der Waals surface area contributed by atoms with E-state index in [0.29, 0.717) is 6.54 Å². The quantitative estimate of drug-likeness (QED) is 0.786. The molecule has 6 nitrogen and oxygen atoms in total. The van der Waals surface area contributed by atoms with Gasteiger partial charge in [0.25, 0.3) is 5.56 Å². The topological polar surface area (TPSA) is 72.4 Å². The summed E-state index contributed by atoms with van der Waals surface area (Å²) in [4.78, 5) is 19.2. The molecule has 1 aliphatic carbocycles. The molecule has 3 aromatic heterocycles. The lowest BCUT2D eigenvalue weighted by Crippen LogP contribution is -2.18. The highest BCUT2D eigenvalue weighted by Crippen LogP contribution is 2.49. The van der Waals surface area contributed by atoms with E-state index in [1.165, 1.54) is 0 Å². The standard InChI is InChI=1S/C17H20N4O2S/c1-9-4-10(2)20(19-9)7-13-6-15(23)21-16(14-5-12(14)8-22)11(3)24-17(21)18-13/h4,6,12,14,22H,5,7-8H2,1-3H3/t12-,14+/m0/s1. The fourth-order valence-corrected chi connectivity index (χ4v) is 4.49. The molecule has 2 atom stereocenters. The van der Waals surface area contributed by atoms with Crippen molar-refractivity contribution in [2.45, 2.75) is 39.7 Å². The molecule has 1 fully saturated rings. The number of nitrogens with zero attached hydrogens (tertiary/aromatic N) is 4. The lowest BCUT2D eigenvalue weighted by Gasteiger charge is -2.05. The molecule has 0 amide bonds. The first-order chi connectivity index (χ1) is 11.5. The number of aliphatic hydroxyl groups is 1. The first-order valence-electron chi connectivity index (χ1n) is 8.12. The number of thiazole rings is 1. The Kier molecular flexibility index (Phi) is 3.58. The Hall–Kier alpha value is -1.99. The minimum absolute atomic E-state index is 0.0422. The summed E-state index contributed by atoms with van der Waals surface area (Å²) < 4.78 is 3.60. The van der Waals surface area contributed by atoms with E-state index in [1.54, 1.807) is 21.8 Å². The van der Waals surface area contributed by atoms with Gasteiger partial charge in [-0.1, -0.05) is 0 Å². The van der Waals surface area contributed by atoms with Gasteiger partial charge in [0.15, 0.2) is 4.96 Å². The molecule has 0 spiro atoms. The van der Waals surface area contributed by atoms with E-state index < -0.39 is 0 Å². The number of hydrogen-bond acceptors (Lipinski definition) is 5. The van der Waals surface area contributed by atoms with Gasteiger partial charge in [0.2, 0.25) is 0 Å². The molecular weight excluding hydrogens is 324 g/mol. The molecule has 0 unspecified atom stereocenters. The maximum atomic E-state index is 12.7. The van der Waals surface area contributed by atoms with Crippen molar-refractivity contribution in [3.05, 3.63) is 50.1 Å². The molecular formula is C17H20N4O2S. The average molecular weight is 344 g/mol. The molecule has 7 heteroatoms. The third kappa shape index (κ3) is 2.48. The number of aryl methyl sites for hydroxylation is 3. The van der Waals surface area contributed by atoms with E-state index in [0.717, 1.165) is 39.0 Å². The molecule has 1 aliphatic rings. The highest BCUT2D eigenvalue weighted by molar-refractivity contribution is 7.17. The van der Waals surface area contributed by atoms with Crippen molar-refractivity contribution >= 4 is 16.3 Å². The van der Waals surface area contributed by atoms with Crippen LogP contribution >= 0.6 is 11.3 Å². The van der Waals surface area contributed by atoms with E-state index in [4.69, 9.17) is 0 Å². The van der Waals surface area contributed by atoms with Gasteiger partial charge in [0, 0.05) is 34.9 Å². The number of aromatic nitrogens is 4. The average Bonchev–Trinajstić information content (AvgIpc) is 3.11. The van der Waals surface area contributed by atoms with Gasteiger partial charge in [-0.3, -0.25) is 13.9 Å². The molecule has 0 aromatic carbocycles. The van der Waals surface area contributed by atoms with Gasteiger partial charge in [0.05, 0.1) is 17.9 Å². The van der Waals surface area contributed by atoms with E-state index >= 15 is 0 Å². The van der Waals surface area contributed by atoms with E-state index in [1.807, 2.05) is 31.5 Å². The number of hydrogen-bond donors (Lipinski definition) is 1. The molecule has 1 N–H and O–H groups in total. The first kappa shape index (κ1) is 15.5. The molecule has 0 radical (unpaired) electrons. The van der Waals surface area contributed by atoms with Crippen LogP contribution < -0.4 is 5.56 Å². The van der Waals surface area contributed by atoms with Gasteiger partial charge in [-0.2, -0.15) is 5.10 Å². The lowest BCUT2D eigenvalue weighted by molar-refractivity contribution is 0.273. The van der Waals surface area contributed by atoms with Crippen LogP contribution in [-0.2, 0) is 6.54 Å². The normalized spacial score (nSPS) is 20.0. The Balaban J connectivity index is 1.76. The zero-order chi connectivity index (χ0) is 17.0. The fourth-order valence-electron chi connectivity index (χ4n) is 3.42. The highest BCUT2D eigenvalue weighted by Gasteiger charge is 2.41. The summed E-state index contributed by atoms with van der Waals surface area (Å²) in [7, 11) is 0. The Bertz CT molecular complexity index is 985. The van der Waals surface area contributed by atoms with Crippen LogP contribution in [-0.4, -0.2) is 30.9 Å². The van der Waals surface area contributed by atoms with Gasteiger partial charge in [-0.15, -0.1) is 11.3 Å². The van der Waals surface area contributed by atoms with Gasteiger partial charge >= 0.3 is 0 Å². The van der Waals surface area contributed by atoms with Crippen LogP contribution in [0.4, 0.5) is 0 Å². The van der Waals surface area contributed by atoms with Crippen LogP contribution in [0.1, 0.15) is 40.0 Å². The van der Waals surface area contributed by atoms with Crippen LogP contribution in [0.25, 0.3) is 4.96 Å². The Labute approximate surface area is 143 Å². The summed E-state index contributed by atoms with van der Waals surface area (Å²) >= 11 is 1.55. The summed E-state index contributed by atoms with van der Waals surface area (Å²) in [6, 6.07) is 3.62. The van der Waals surface area contributed by atoms with Crippen molar-refractivity contribution in [3.8, 4) is 0 Å². The molecule has 0 aliphatic heterocycles. The highest BCUT2D eigenvalue weighted by atomic mass is 32.1. The summed E-state index contributed by atoms with van der Waals surface area (Å²) in [5, 5.41) is 13.8. The molecule has 0 saturated heterocycles. The minimum atomic E-state index is -0.0422. The molecule has 24 heavy (non-hydrogen) atoms. The van der Waals surface area contributed by atoms with Crippen LogP contribution in [0, 0.1) is 26.7 Å². The van der Waals surface area contributed by atoms with E-state index in [2.05, 4.69) is 10.1 Å². The van der Waals surface area contributed by atoms with Gasteiger partial charge in [0.1, 0.15) is 0 Å². The van der Waals surface area contributed by atoms with Crippen LogP contribution in [0.15, 0.2) is 16.9 Å². The van der Waals surface area contributed by atoms with Gasteiger partial charge in [-0.25, -0.2) is 4.98 Å². The Morgan fingerprint density at radius 3 is 2.75 bits per heavy atom. The monoisotopic (exact) mass is 344 g/mol. The van der Waals surface area contributed by atoms with Crippen molar-refractivity contribution in [1.82, 2.24) is 19.2 Å². The van der Waals surface area contributed by atoms with Crippen LogP contribution in [0.5, 0.6) is 0 Å². The van der Waals surface area contributed by atoms with E-state index in [9.17, 15) is 9.90 Å². The SMILES string of the molecule is Cc1cc(C)n(Cc2cc(=O)n3c([C@@H]4C[C@H]4CO)c(C)sc3n2)n1. The Morgan fingerprint density at radius 2 is 2.12 bits per heavy atom. The number of rotatable bonds is 4. The number of fused-ring (bicyclic) bond motifs is 1. The summed E-state index contributed by atoms with van der Waals surface area (Å²) in [5.74, 6) is 0.563. The van der Waals surface area contributed by atoms with Crippen molar-refractivity contribution < 1.29 is 5.11 Å². The van der Waals surface area contributed by atoms with Crippen molar-refractivity contribution in [1.29, 1.82) is 0 Å². The van der Waals surface area contributed by atoms with Crippen molar-refractivity contribution in [2.75, 3.05) is 6.61 Å². The molecule has 4 rings (SSSR count). The maximum absolute atomic E-state index is 12.7. The molecule has 3 aromatic rings. The van der Waals surface area contributed by atoms with Gasteiger partial charge < -0.3 is 5.11 Å². The van der Waals surface area contributed by atoms with E-state index in [-0.39, 0.29) is 24.0 Å².